The first-order chi connectivity index (χ1) is 8.65. The summed E-state index contributed by atoms with van der Waals surface area (Å²) >= 11 is 0. The molecule has 0 radical (unpaired) electrons. The van der Waals surface area contributed by atoms with E-state index in [0.717, 1.165) is 0 Å². The molecule has 0 aromatic carbocycles. The van der Waals surface area contributed by atoms with E-state index in [4.69, 9.17) is 20.0 Å². The Labute approximate surface area is 168 Å². The summed E-state index contributed by atoms with van der Waals surface area (Å²) in [6.07, 6.45) is 0.944. The zero-order valence-corrected chi connectivity index (χ0v) is 16.9. The van der Waals surface area contributed by atoms with Crippen LogP contribution in [0.4, 0.5) is 0 Å². The Balaban J connectivity index is -0.000000451. The molecule has 4 N–H and O–H groups in total. The maximum absolute atomic E-state index is 10.9. The second-order valence-corrected chi connectivity index (χ2v) is 6.26. The van der Waals surface area contributed by atoms with E-state index in [1.807, 2.05) is 0 Å². The van der Waals surface area contributed by atoms with Gasteiger partial charge in [-0.3, -0.25) is 18.6 Å². The van der Waals surface area contributed by atoms with Crippen LogP contribution < -0.4 is 59.1 Å². The molecular formula is C9H18N2Na2O7P+. The summed E-state index contributed by atoms with van der Waals surface area (Å²) in [5.41, 5.74) is 0. The summed E-state index contributed by atoms with van der Waals surface area (Å²) in [5, 5.41) is 17.7. The fraction of sp³-hybridized carbons (Fsp3) is 0.667. The van der Waals surface area contributed by atoms with Gasteiger partial charge < -0.3 is 22.9 Å². The summed E-state index contributed by atoms with van der Waals surface area (Å²) < 4.78 is 10.8. The quantitative estimate of drug-likeness (QED) is 0.156. The molecule has 0 saturated heterocycles. The van der Waals surface area contributed by atoms with Crippen molar-refractivity contribution >= 4 is 25.9 Å². The molecule has 112 valence electrons. The Morgan fingerprint density at radius 3 is 2.14 bits per heavy atom. The van der Waals surface area contributed by atoms with Gasteiger partial charge in [-0.05, 0) is 0 Å². The second-order valence-electron chi connectivity index (χ2n) is 4.49. The van der Waals surface area contributed by atoms with E-state index in [0.29, 0.717) is 13.1 Å². The van der Waals surface area contributed by atoms with Crippen LogP contribution in [0.25, 0.3) is 0 Å². The average molecular weight is 343 g/mol. The molecule has 1 atom stereocenters. The van der Waals surface area contributed by atoms with Gasteiger partial charge in [0.15, 0.2) is 6.34 Å². The van der Waals surface area contributed by atoms with Crippen molar-refractivity contribution in [3.05, 3.63) is 0 Å². The van der Waals surface area contributed by atoms with Crippen molar-refractivity contribution in [2.45, 2.75) is 0 Å². The molecule has 0 aromatic rings. The number of aliphatic carboxylic acids is 2. The molecule has 1 heterocycles. The Morgan fingerprint density at radius 1 is 1.29 bits per heavy atom. The molecule has 9 nitrogen and oxygen atoms in total. The smallest absolute Gasteiger partial charge is 1.00 e. The van der Waals surface area contributed by atoms with Gasteiger partial charge in [0, 0.05) is 0 Å². The Hall–Kier alpha value is 0.720. The van der Waals surface area contributed by atoms with Crippen molar-refractivity contribution in [1.82, 2.24) is 0 Å². The van der Waals surface area contributed by atoms with Gasteiger partial charge in [0.1, 0.15) is 13.1 Å². The predicted molar refractivity (Wildman–Crippen MR) is 66.1 cm³/mol. The number of hydrogen-bond donors (Lipinski definition) is 4. The molecule has 1 rings (SSSR count). The molecule has 1 unspecified atom stereocenters. The van der Waals surface area contributed by atoms with Crippen LogP contribution in [0.2, 0.25) is 0 Å². The number of quaternary nitrogens is 1. The zero-order valence-electron chi connectivity index (χ0n) is 14.0. The van der Waals surface area contributed by atoms with Crippen LogP contribution in [-0.4, -0.2) is 75.1 Å². The van der Waals surface area contributed by atoms with E-state index in [1.54, 1.807) is 0 Å². The standard InChI is InChI=1S/C9H15N2O7P.2Na.2H/c12-8(13)7(9(14)15)5-11(2-1-10-6-11)3-4-19(16,17)18;;;;/h6-7H,1-5H2,(H3-,12,13,14,15,16,17,18);;;;/q;2*+1;2*-1/p+1. The third-order valence-corrected chi connectivity index (χ3v) is 3.76. The summed E-state index contributed by atoms with van der Waals surface area (Å²) in [6, 6.07) is 0. The molecule has 0 aromatic heterocycles. The SMILES string of the molecule is O=C(O)C(C[N+]1(CCP(=O)(O)O)C=NCC1)C(=O)O.[H-].[H-].[Na+].[Na+]. The summed E-state index contributed by atoms with van der Waals surface area (Å²) in [6.45, 7) is 0.420. The minimum Gasteiger partial charge on any atom is -1.00 e. The van der Waals surface area contributed by atoms with Gasteiger partial charge >= 0.3 is 78.6 Å². The molecule has 1 aliphatic rings. The number of carbonyl (C=O) groups is 2. The Bertz CT molecular complexity index is 451. The van der Waals surface area contributed by atoms with Gasteiger partial charge in [-0.2, -0.15) is 0 Å². The Morgan fingerprint density at radius 2 is 1.81 bits per heavy atom. The molecule has 12 heteroatoms. The van der Waals surface area contributed by atoms with Crippen molar-refractivity contribution in [2.75, 3.05) is 32.3 Å². The van der Waals surface area contributed by atoms with Crippen molar-refractivity contribution in [3.63, 3.8) is 0 Å². The van der Waals surface area contributed by atoms with Gasteiger partial charge in [-0.1, -0.05) is 0 Å². The molecule has 0 aliphatic carbocycles. The maximum Gasteiger partial charge on any atom is 1.00 e. The average Bonchev–Trinajstić information content (AvgIpc) is 2.71. The van der Waals surface area contributed by atoms with Crippen LogP contribution >= 0.6 is 7.60 Å². The molecule has 0 spiro atoms. The van der Waals surface area contributed by atoms with Crippen molar-refractivity contribution in [2.24, 2.45) is 10.9 Å². The fourth-order valence-electron chi connectivity index (χ4n) is 1.90. The molecular weight excluding hydrogens is 325 g/mol. The molecule has 0 saturated carbocycles. The Kier molecular flexibility index (Phi) is 11.2. The number of rotatable bonds is 7. The van der Waals surface area contributed by atoms with Gasteiger partial charge in [-0.25, -0.2) is 4.99 Å². The van der Waals surface area contributed by atoms with E-state index in [9.17, 15) is 14.2 Å². The fourth-order valence-corrected chi connectivity index (χ4v) is 2.56. The number of nitrogens with zero attached hydrogens (tertiary/aromatic N) is 2. The van der Waals surface area contributed by atoms with Crippen LogP contribution in [-0.2, 0) is 14.2 Å². The van der Waals surface area contributed by atoms with Gasteiger partial charge in [0.25, 0.3) is 0 Å². The largest absolute Gasteiger partial charge is 1.00 e. The minimum absolute atomic E-state index is 0. The van der Waals surface area contributed by atoms with Crippen LogP contribution in [0.1, 0.15) is 2.85 Å². The topological polar surface area (TPSA) is 144 Å². The molecule has 0 amide bonds. The number of hydrogen-bond acceptors (Lipinski definition) is 4. The summed E-state index contributed by atoms with van der Waals surface area (Å²) in [5.74, 6) is -4.57. The van der Waals surface area contributed by atoms with Crippen molar-refractivity contribution in [3.8, 4) is 0 Å². The van der Waals surface area contributed by atoms with Crippen molar-refractivity contribution < 1.29 is 101 Å². The van der Waals surface area contributed by atoms with Gasteiger partial charge in [0.05, 0.1) is 19.3 Å². The third kappa shape index (κ3) is 8.22. The van der Waals surface area contributed by atoms with Crippen LogP contribution in [0, 0.1) is 5.92 Å². The molecule has 1 aliphatic heterocycles. The first-order valence-corrected chi connectivity index (χ1v) is 7.32. The normalized spacial score (nSPS) is 20.7. The van der Waals surface area contributed by atoms with Crippen molar-refractivity contribution in [1.29, 1.82) is 0 Å². The zero-order chi connectivity index (χ0) is 14.7. The molecule has 0 bridgehead atoms. The van der Waals surface area contributed by atoms with E-state index >= 15 is 0 Å². The number of carboxylic acid groups (broad SMARTS) is 2. The number of carboxylic acids is 2. The monoisotopic (exact) mass is 343 g/mol. The van der Waals surface area contributed by atoms with E-state index in [1.165, 1.54) is 6.34 Å². The molecule has 21 heavy (non-hydrogen) atoms. The summed E-state index contributed by atoms with van der Waals surface area (Å²) in [7, 11) is -4.22. The third-order valence-electron chi connectivity index (χ3n) is 2.98. The first-order valence-electron chi connectivity index (χ1n) is 5.52. The minimum atomic E-state index is -4.22. The van der Waals surface area contributed by atoms with Gasteiger partial charge in [0.2, 0.25) is 5.92 Å². The first kappa shape index (κ1) is 24.0. The van der Waals surface area contributed by atoms with Crippen LogP contribution in [0.15, 0.2) is 4.99 Å². The predicted octanol–water partition coefficient (Wildman–Crippen LogP) is -6.96. The van der Waals surface area contributed by atoms with Crippen LogP contribution in [0.3, 0.4) is 0 Å². The van der Waals surface area contributed by atoms with Crippen LogP contribution in [0.5, 0.6) is 0 Å². The maximum atomic E-state index is 10.9. The molecule has 0 fully saturated rings. The summed E-state index contributed by atoms with van der Waals surface area (Å²) in [4.78, 5) is 43.4. The van der Waals surface area contributed by atoms with E-state index in [2.05, 4.69) is 4.99 Å². The second kappa shape index (κ2) is 9.77. The number of aliphatic imine (C=N–C) groups is 1. The van der Waals surface area contributed by atoms with E-state index < -0.39 is 31.6 Å². The van der Waals surface area contributed by atoms with Gasteiger partial charge in [-0.15, -0.1) is 0 Å². The van der Waals surface area contributed by atoms with E-state index in [-0.39, 0.29) is 79.5 Å².